The fraction of sp³-hybridized carbons (Fsp3) is 0.176. The van der Waals surface area contributed by atoms with Crippen LogP contribution in [0.15, 0.2) is 36.4 Å². The summed E-state index contributed by atoms with van der Waals surface area (Å²) in [6.45, 7) is 1.45. The first-order valence-electron chi connectivity index (χ1n) is 6.74. The average Bonchev–Trinajstić information content (AvgIpc) is 2.50. The number of ketones is 1. The van der Waals surface area contributed by atoms with E-state index in [2.05, 4.69) is 0 Å². The van der Waals surface area contributed by atoms with Crippen LogP contribution in [-0.4, -0.2) is 18.9 Å². The minimum atomic E-state index is -0.534. The lowest BCUT2D eigenvalue weighted by Crippen LogP contribution is -2.13. The van der Waals surface area contributed by atoms with Crippen molar-refractivity contribution in [3.05, 3.63) is 57.6 Å². The van der Waals surface area contributed by atoms with E-state index in [4.69, 9.17) is 32.7 Å². The van der Waals surface area contributed by atoms with Gasteiger partial charge in [-0.15, -0.1) is 0 Å². The molecular formula is C17H14Cl2O4. The van der Waals surface area contributed by atoms with Crippen LogP contribution >= 0.6 is 23.2 Å². The van der Waals surface area contributed by atoms with E-state index in [1.165, 1.54) is 20.1 Å². The van der Waals surface area contributed by atoms with E-state index in [-0.39, 0.29) is 23.0 Å². The SMILES string of the molecule is COc1ccc(C(C)=O)cc1CC(=O)Oc1cc(Cl)ccc1Cl. The highest BCUT2D eigenvalue weighted by atomic mass is 35.5. The van der Waals surface area contributed by atoms with E-state index in [1.54, 1.807) is 30.3 Å². The van der Waals surface area contributed by atoms with Gasteiger partial charge in [-0.3, -0.25) is 9.59 Å². The molecule has 0 radical (unpaired) electrons. The lowest BCUT2D eigenvalue weighted by atomic mass is 10.0. The van der Waals surface area contributed by atoms with Gasteiger partial charge >= 0.3 is 5.97 Å². The van der Waals surface area contributed by atoms with Gasteiger partial charge in [0.1, 0.15) is 5.75 Å². The fourth-order valence-electron chi connectivity index (χ4n) is 2.01. The number of benzene rings is 2. The molecule has 2 rings (SSSR count). The maximum atomic E-state index is 12.1. The molecule has 0 aliphatic rings. The molecule has 23 heavy (non-hydrogen) atoms. The van der Waals surface area contributed by atoms with E-state index >= 15 is 0 Å². The Kier molecular flexibility index (Phi) is 5.64. The molecule has 0 fully saturated rings. The average molecular weight is 353 g/mol. The quantitative estimate of drug-likeness (QED) is 0.456. The largest absolute Gasteiger partial charge is 0.496 e. The molecular weight excluding hydrogens is 339 g/mol. The van der Waals surface area contributed by atoms with E-state index in [1.807, 2.05) is 0 Å². The molecule has 0 bridgehead atoms. The summed E-state index contributed by atoms with van der Waals surface area (Å²) in [4.78, 5) is 23.6. The second kappa shape index (κ2) is 7.49. The molecule has 0 spiro atoms. The van der Waals surface area contributed by atoms with Gasteiger partial charge in [-0.05, 0) is 37.3 Å². The van der Waals surface area contributed by atoms with Crippen molar-refractivity contribution in [2.75, 3.05) is 7.11 Å². The van der Waals surface area contributed by atoms with Crippen LogP contribution in [0.3, 0.4) is 0 Å². The van der Waals surface area contributed by atoms with Crippen LogP contribution in [0.1, 0.15) is 22.8 Å². The summed E-state index contributed by atoms with van der Waals surface area (Å²) in [7, 11) is 1.49. The maximum absolute atomic E-state index is 12.1. The third kappa shape index (κ3) is 4.47. The Bertz CT molecular complexity index is 756. The van der Waals surface area contributed by atoms with E-state index in [0.717, 1.165) is 0 Å². The first kappa shape index (κ1) is 17.3. The molecule has 0 amide bonds. The van der Waals surface area contributed by atoms with Crippen LogP contribution < -0.4 is 9.47 Å². The highest BCUT2D eigenvalue weighted by Crippen LogP contribution is 2.28. The van der Waals surface area contributed by atoms with Gasteiger partial charge in [0, 0.05) is 22.2 Å². The minimum Gasteiger partial charge on any atom is -0.496 e. The number of carbonyl (C=O) groups is 2. The molecule has 120 valence electrons. The smallest absolute Gasteiger partial charge is 0.315 e. The standard InChI is InChI=1S/C17H14Cl2O4/c1-10(20)11-3-6-15(22-2)12(7-11)8-17(21)23-16-9-13(18)4-5-14(16)19/h3-7,9H,8H2,1-2H3. The van der Waals surface area contributed by atoms with Crippen LogP contribution in [0.5, 0.6) is 11.5 Å². The molecule has 0 aliphatic carbocycles. The summed E-state index contributed by atoms with van der Waals surface area (Å²) in [5.74, 6) is 0.0586. The third-order valence-electron chi connectivity index (χ3n) is 3.14. The molecule has 0 N–H and O–H groups in total. The molecule has 0 saturated carbocycles. The molecule has 4 nitrogen and oxygen atoms in total. The van der Waals surface area contributed by atoms with Crippen molar-refractivity contribution in [2.45, 2.75) is 13.3 Å². The highest BCUT2D eigenvalue weighted by molar-refractivity contribution is 6.34. The van der Waals surface area contributed by atoms with Crippen molar-refractivity contribution in [2.24, 2.45) is 0 Å². The van der Waals surface area contributed by atoms with Gasteiger partial charge in [-0.1, -0.05) is 23.2 Å². The highest BCUT2D eigenvalue weighted by Gasteiger charge is 2.14. The number of hydrogen-bond acceptors (Lipinski definition) is 4. The van der Waals surface area contributed by atoms with Gasteiger partial charge in [-0.2, -0.15) is 0 Å². The van der Waals surface area contributed by atoms with Crippen molar-refractivity contribution >= 4 is 35.0 Å². The normalized spacial score (nSPS) is 10.3. The first-order chi connectivity index (χ1) is 10.9. The van der Waals surface area contributed by atoms with Crippen molar-refractivity contribution in [1.29, 1.82) is 0 Å². The Labute approximate surface area is 143 Å². The summed E-state index contributed by atoms with van der Waals surface area (Å²) < 4.78 is 10.4. The number of Topliss-reactive ketones (excluding diaryl/α,β-unsaturated/α-hetero) is 1. The number of esters is 1. The molecule has 2 aromatic rings. The molecule has 0 aromatic heterocycles. The third-order valence-corrected chi connectivity index (χ3v) is 3.69. The summed E-state index contributed by atoms with van der Waals surface area (Å²) >= 11 is 11.8. The van der Waals surface area contributed by atoms with E-state index < -0.39 is 5.97 Å². The monoisotopic (exact) mass is 352 g/mol. The molecule has 0 atom stereocenters. The molecule has 6 heteroatoms. The summed E-state index contributed by atoms with van der Waals surface area (Å²) in [6.07, 6.45) is -0.0624. The number of halogens is 2. The summed E-state index contributed by atoms with van der Waals surface area (Å²) in [5, 5.41) is 0.695. The van der Waals surface area contributed by atoms with Crippen molar-refractivity contribution < 1.29 is 19.1 Å². The lowest BCUT2D eigenvalue weighted by Gasteiger charge is -2.10. The van der Waals surface area contributed by atoms with Crippen LogP contribution in [0, 0.1) is 0 Å². The number of rotatable bonds is 5. The first-order valence-corrected chi connectivity index (χ1v) is 7.50. The Morgan fingerprint density at radius 1 is 1.04 bits per heavy atom. The van der Waals surface area contributed by atoms with Gasteiger partial charge in [0.2, 0.25) is 0 Å². The minimum absolute atomic E-state index is 0.0624. The zero-order valence-corrected chi connectivity index (χ0v) is 14.1. The van der Waals surface area contributed by atoms with Crippen molar-refractivity contribution in [3.8, 4) is 11.5 Å². The predicted molar refractivity (Wildman–Crippen MR) is 88.8 cm³/mol. The Morgan fingerprint density at radius 3 is 2.43 bits per heavy atom. The second-order valence-electron chi connectivity index (χ2n) is 4.81. The van der Waals surface area contributed by atoms with Gasteiger partial charge in [0.05, 0.1) is 18.6 Å². The maximum Gasteiger partial charge on any atom is 0.315 e. The molecule has 2 aromatic carbocycles. The van der Waals surface area contributed by atoms with Gasteiger partial charge in [-0.25, -0.2) is 0 Å². The second-order valence-corrected chi connectivity index (χ2v) is 5.65. The Hall–Kier alpha value is -2.04. The number of ether oxygens (including phenoxy) is 2. The lowest BCUT2D eigenvalue weighted by molar-refractivity contribution is -0.133. The fourth-order valence-corrected chi connectivity index (χ4v) is 2.32. The number of hydrogen-bond donors (Lipinski definition) is 0. The Balaban J connectivity index is 2.21. The molecule has 0 heterocycles. The van der Waals surface area contributed by atoms with Crippen molar-refractivity contribution in [1.82, 2.24) is 0 Å². The topological polar surface area (TPSA) is 52.6 Å². The summed E-state index contributed by atoms with van der Waals surface area (Å²) in [5.41, 5.74) is 1.05. The van der Waals surface area contributed by atoms with Gasteiger partial charge in [0.25, 0.3) is 0 Å². The van der Waals surface area contributed by atoms with Crippen molar-refractivity contribution in [3.63, 3.8) is 0 Å². The molecule has 0 saturated heterocycles. The zero-order valence-electron chi connectivity index (χ0n) is 12.6. The van der Waals surface area contributed by atoms with Gasteiger partial charge in [0.15, 0.2) is 11.5 Å². The van der Waals surface area contributed by atoms with E-state index in [9.17, 15) is 9.59 Å². The van der Waals surface area contributed by atoms with Crippen LogP contribution in [0.2, 0.25) is 10.0 Å². The van der Waals surface area contributed by atoms with Gasteiger partial charge < -0.3 is 9.47 Å². The Morgan fingerprint density at radius 2 is 1.78 bits per heavy atom. The number of methoxy groups -OCH3 is 1. The summed E-state index contributed by atoms with van der Waals surface area (Å²) in [6, 6.07) is 9.51. The van der Waals surface area contributed by atoms with Crippen LogP contribution in [0.25, 0.3) is 0 Å². The number of carbonyl (C=O) groups excluding carboxylic acids is 2. The van der Waals surface area contributed by atoms with Crippen LogP contribution in [0.4, 0.5) is 0 Å². The van der Waals surface area contributed by atoms with Crippen LogP contribution in [-0.2, 0) is 11.2 Å². The predicted octanol–water partition coefficient (Wildman–Crippen LogP) is 4.35. The molecule has 0 aliphatic heterocycles. The zero-order chi connectivity index (χ0) is 17.0. The molecule has 0 unspecified atom stereocenters. The van der Waals surface area contributed by atoms with E-state index in [0.29, 0.717) is 21.9 Å².